The first-order valence-corrected chi connectivity index (χ1v) is 8.70. The zero-order valence-electron chi connectivity index (χ0n) is 15.5. The van der Waals surface area contributed by atoms with Gasteiger partial charge in [0.1, 0.15) is 5.82 Å². The van der Waals surface area contributed by atoms with Crippen LogP contribution in [-0.2, 0) is 0 Å². The molecule has 0 amide bonds. The van der Waals surface area contributed by atoms with Crippen molar-refractivity contribution in [1.82, 2.24) is 9.66 Å². The predicted octanol–water partition coefficient (Wildman–Crippen LogP) is 2.68. The molecule has 0 spiro atoms. The average Bonchev–Trinajstić information content (AvgIpc) is 3.54. The molecule has 1 fully saturated rings. The summed E-state index contributed by atoms with van der Waals surface area (Å²) in [7, 11) is 4.69. The van der Waals surface area contributed by atoms with Crippen LogP contribution in [0.2, 0.25) is 0 Å². The third kappa shape index (κ3) is 2.75. The van der Waals surface area contributed by atoms with Crippen LogP contribution in [0, 0.1) is 0 Å². The van der Waals surface area contributed by atoms with E-state index in [0.717, 1.165) is 24.0 Å². The number of nitrogens with two attached hydrogens (primary N) is 1. The van der Waals surface area contributed by atoms with E-state index in [1.165, 1.54) is 4.68 Å². The van der Waals surface area contributed by atoms with E-state index in [2.05, 4.69) is 4.98 Å². The lowest BCUT2D eigenvalue weighted by Gasteiger charge is -2.16. The molecule has 1 aliphatic rings. The zero-order valence-corrected chi connectivity index (χ0v) is 15.5. The lowest BCUT2D eigenvalue weighted by atomic mass is 10.0. The van der Waals surface area contributed by atoms with E-state index in [1.54, 1.807) is 33.5 Å². The minimum atomic E-state index is -0.247. The van der Waals surface area contributed by atoms with Gasteiger partial charge in [-0.3, -0.25) is 4.79 Å². The van der Waals surface area contributed by atoms with Crippen LogP contribution in [0.4, 0.5) is 0 Å². The molecule has 2 N–H and O–H groups in total. The van der Waals surface area contributed by atoms with Crippen molar-refractivity contribution in [3.05, 3.63) is 46.5 Å². The van der Waals surface area contributed by atoms with Crippen LogP contribution in [0.15, 0.2) is 35.1 Å². The van der Waals surface area contributed by atoms with Crippen molar-refractivity contribution >= 4 is 10.9 Å². The molecule has 0 unspecified atom stereocenters. The van der Waals surface area contributed by atoms with Crippen molar-refractivity contribution in [3.8, 4) is 28.4 Å². The number of aromatic nitrogens is 2. The highest BCUT2D eigenvalue weighted by Gasteiger charge is 2.29. The first kappa shape index (κ1) is 17.2. The lowest BCUT2D eigenvalue weighted by Crippen LogP contribution is -2.31. The maximum Gasteiger partial charge on any atom is 0.279 e. The SMILES string of the molecule is COc1ccc(-c2ccc3nc(C4CC4)n(N)c(=O)c3c2)c(OC)c1OC. The van der Waals surface area contributed by atoms with Gasteiger partial charge in [-0.1, -0.05) is 6.07 Å². The topological polar surface area (TPSA) is 88.6 Å². The molecule has 0 aliphatic heterocycles. The minimum absolute atomic E-state index is 0.247. The fourth-order valence-corrected chi connectivity index (χ4v) is 3.34. The van der Waals surface area contributed by atoms with Gasteiger partial charge in [-0.25, -0.2) is 9.66 Å². The van der Waals surface area contributed by atoms with E-state index in [-0.39, 0.29) is 11.5 Å². The highest BCUT2D eigenvalue weighted by molar-refractivity contribution is 5.86. The fraction of sp³-hybridized carbons (Fsp3) is 0.300. The number of fused-ring (bicyclic) bond motifs is 1. The molecule has 4 rings (SSSR count). The van der Waals surface area contributed by atoms with Crippen molar-refractivity contribution in [2.45, 2.75) is 18.8 Å². The van der Waals surface area contributed by atoms with Crippen LogP contribution in [0.25, 0.3) is 22.0 Å². The molecule has 0 atom stereocenters. The third-order valence-corrected chi connectivity index (χ3v) is 4.89. The Balaban J connectivity index is 1.91. The van der Waals surface area contributed by atoms with Crippen molar-refractivity contribution in [1.29, 1.82) is 0 Å². The number of hydrogen-bond acceptors (Lipinski definition) is 6. The van der Waals surface area contributed by atoms with Gasteiger partial charge in [0.2, 0.25) is 5.75 Å². The van der Waals surface area contributed by atoms with Gasteiger partial charge in [0.15, 0.2) is 11.5 Å². The van der Waals surface area contributed by atoms with Gasteiger partial charge < -0.3 is 20.1 Å². The molecule has 27 heavy (non-hydrogen) atoms. The van der Waals surface area contributed by atoms with E-state index in [0.29, 0.717) is 34.0 Å². The zero-order chi connectivity index (χ0) is 19.1. The Kier molecular flexibility index (Phi) is 4.14. The smallest absolute Gasteiger partial charge is 0.279 e. The molecule has 0 bridgehead atoms. The van der Waals surface area contributed by atoms with Crippen LogP contribution in [0.5, 0.6) is 17.2 Å². The van der Waals surface area contributed by atoms with E-state index >= 15 is 0 Å². The molecule has 140 valence electrons. The Labute approximate surface area is 156 Å². The summed E-state index contributed by atoms with van der Waals surface area (Å²) in [5.74, 6) is 8.54. The van der Waals surface area contributed by atoms with Gasteiger partial charge in [-0.15, -0.1) is 0 Å². The van der Waals surface area contributed by atoms with Gasteiger partial charge in [0.25, 0.3) is 5.56 Å². The van der Waals surface area contributed by atoms with E-state index < -0.39 is 0 Å². The molecule has 0 saturated heterocycles. The second kappa shape index (κ2) is 6.50. The summed E-state index contributed by atoms with van der Waals surface area (Å²) in [5.41, 5.74) is 1.99. The number of nitrogen functional groups attached to an aromatic ring is 1. The molecule has 1 heterocycles. The summed E-state index contributed by atoms with van der Waals surface area (Å²) in [5, 5.41) is 0.469. The fourth-order valence-electron chi connectivity index (χ4n) is 3.34. The van der Waals surface area contributed by atoms with Crippen LogP contribution >= 0.6 is 0 Å². The van der Waals surface area contributed by atoms with Crippen LogP contribution in [0.3, 0.4) is 0 Å². The second-order valence-corrected chi connectivity index (χ2v) is 6.53. The van der Waals surface area contributed by atoms with E-state index in [9.17, 15) is 4.79 Å². The number of hydrogen-bond donors (Lipinski definition) is 1. The molecule has 7 heteroatoms. The second-order valence-electron chi connectivity index (χ2n) is 6.53. The maximum absolute atomic E-state index is 12.8. The largest absolute Gasteiger partial charge is 0.493 e. The molecule has 2 aromatic carbocycles. The van der Waals surface area contributed by atoms with E-state index in [4.69, 9.17) is 20.1 Å². The Hall–Kier alpha value is -3.22. The summed E-state index contributed by atoms with van der Waals surface area (Å²) in [4.78, 5) is 17.4. The van der Waals surface area contributed by atoms with Crippen molar-refractivity contribution in [3.63, 3.8) is 0 Å². The van der Waals surface area contributed by atoms with Gasteiger partial charge in [-0.2, -0.15) is 0 Å². The first-order chi connectivity index (χ1) is 13.1. The summed E-state index contributed by atoms with van der Waals surface area (Å²) in [6, 6.07) is 9.21. The minimum Gasteiger partial charge on any atom is -0.493 e. The molecule has 1 saturated carbocycles. The number of rotatable bonds is 5. The Morgan fingerprint density at radius 3 is 2.41 bits per heavy atom. The Bertz CT molecular complexity index is 1090. The van der Waals surface area contributed by atoms with E-state index in [1.807, 2.05) is 18.2 Å². The molecule has 0 radical (unpaired) electrons. The average molecular weight is 367 g/mol. The first-order valence-electron chi connectivity index (χ1n) is 8.70. The van der Waals surface area contributed by atoms with Crippen molar-refractivity contribution in [2.24, 2.45) is 0 Å². The number of ether oxygens (including phenoxy) is 3. The molecule has 1 aliphatic carbocycles. The highest BCUT2D eigenvalue weighted by Crippen LogP contribution is 2.44. The quantitative estimate of drug-likeness (QED) is 0.698. The molecule has 3 aromatic rings. The standard InChI is InChI=1S/C20H21N3O4/c1-25-16-9-7-13(17(26-2)18(16)27-3)12-6-8-15-14(10-12)20(24)23(21)19(22-15)11-4-5-11/h6-11H,4-5,21H2,1-3H3. The molecule has 7 nitrogen and oxygen atoms in total. The molecular formula is C20H21N3O4. The summed E-state index contributed by atoms with van der Waals surface area (Å²) >= 11 is 0. The third-order valence-electron chi connectivity index (χ3n) is 4.89. The monoisotopic (exact) mass is 367 g/mol. The summed E-state index contributed by atoms with van der Waals surface area (Å²) in [6.45, 7) is 0. The highest BCUT2D eigenvalue weighted by atomic mass is 16.5. The number of nitrogens with zero attached hydrogens (tertiary/aromatic N) is 2. The summed E-state index contributed by atoms with van der Waals surface area (Å²) < 4.78 is 17.5. The van der Waals surface area contributed by atoms with Crippen molar-refractivity contribution < 1.29 is 14.2 Å². The maximum atomic E-state index is 12.8. The van der Waals surface area contributed by atoms with Crippen molar-refractivity contribution in [2.75, 3.05) is 27.2 Å². The molecule has 1 aromatic heterocycles. The van der Waals surface area contributed by atoms with Gasteiger partial charge in [0.05, 0.1) is 32.2 Å². The van der Waals surface area contributed by atoms with Crippen LogP contribution in [0.1, 0.15) is 24.6 Å². The van der Waals surface area contributed by atoms with Crippen LogP contribution in [-0.4, -0.2) is 31.0 Å². The lowest BCUT2D eigenvalue weighted by molar-refractivity contribution is 0.325. The normalized spacial score (nSPS) is 13.6. The number of methoxy groups -OCH3 is 3. The van der Waals surface area contributed by atoms with Gasteiger partial charge in [-0.05, 0) is 42.7 Å². The molecular weight excluding hydrogens is 346 g/mol. The van der Waals surface area contributed by atoms with Gasteiger partial charge in [0, 0.05) is 11.5 Å². The number of benzene rings is 2. The summed E-state index contributed by atoms with van der Waals surface area (Å²) in [6.07, 6.45) is 2.05. The Morgan fingerprint density at radius 1 is 1.04 bits per heavy atom. The van der Waals surface area contributed by atoms with Crippen LogP contribution < -0.4 is 25.6 Å². The predicted molar refractivity (Wildman–Crippen MR) is 103 cm³/mol. The van der Waals surface area contributed by atoms with Gasteiger partial charge >= 0.3 is 0 Å². The Morgan fingerprint density at radius 2 is 1.78 bits per heavy atom.